The first-order chi connectivity index (χ1) is 11.8. The van der Waals surface area contributed by atoms with Crippen molar-refractivity contribution in [2.75, 3.05) is 18.5 Å². The average Bonchev–Trinajstić information content (AvgIpc) is 3.02. The van der Waals surface area contributed by atoms with E-state index in [4.69, 9.17) is 5.11 Å². The molecule has 0 radical (unpaired) electrons. The number of hydrogen-bond acceptors (Lipinski definition) is 6. The summed E-state index contributed by atoms with van der Waals surface area (Å²) in [7, 11) is 0. The molecule has 0 atom stereocenters. The number of aliphatic hydroxyl groups excluding tert-OH is 1. The van der Waals surface area contributed by atoms with E-state index in [1.54, 1.807) is 10.9 Å². The van der Waals surface area contributed by atoms with Crippen LogP contribution < -0.4 is 5.32 Å². The van der Waals surface area contributed by atoms with E-state index >= 15 is 0 Å². The molecule has 1 aromatic carbocycles. The molecule has 2 N–H and O–H groups in total. The Morgan fingerprint density at radius 1 is 1.08 bits per heavy atom. The minimum atomic E-state index is 0.0579. The van der Waals surface area contributed by atoms with Gasteiger partial charge in [0.1, 0.15) is 11.3 Å². The lowest BCUT2D eigenvalue weighted by Crippen LogP contribution is -2.08. The molecule has 7 nitrogen and oxygen atoms in total. The summed E-state index contributed by atoms with van der Waals surface area (Å²) in [5.41, 5.74) is 3.53. The smallest absolute Gasteiger partial charge is 0.180 e. The molecule has 0 amide bonds. The predicted molar refractivity (Wildman–Crippen MR) is 91.7 cm³/mol. The fraction of sp³-hybridized carbons (Fsp3) is 0.176. The van der Waals surface area contributed by atoms with Crippen LogP contribution in [0.25, 0.3) is 22.1 Å². The Morgan fingerprint density at radius 2 is 2.00 bits per heavy atom. The zero-order valence-corrected chi connectivity index (χ0v) is 12.9. The molecule has 0 aliphatic heterocycles. The zero-order valence-electron chi connectivity index (χ0n) is 12.9. The predicted octanol–water partition coefficient (Wildman–Crippen LogP) is 1.83. The summed E-state index contributed by atoms with van der Waals surface area (Å²) in [4.78, 5) is 8.87. The molecular weight excluding hydrogens is 304 g/mol. The molecule has 0 saturated carbocycles. The highest BCUT2D eigenvalue weighted by Gasteiger charge is 2.08. The van der Waals surface area contributed by atoms with Crippen molar-refractivity contribution in [2.45, 2.75) is 6.54 Å². The Labute approximate surface area is 138 Å². The first kappa shape index (κ1) is 14.5. The van der Waals surface area contributed by atoms with Crippen molar-refractivity contribution in [3.05, 3.63) is 54.2 Å². The van der Waals surface area contributed by atoms with Crippen LogP contribution in [0.5, 0.6) is 0 Å². The number of aliphatic hydroxyl groups is 1. The van der Waals surface area contributed by atoms with Gasteiger partial charge in [-0.1, -0.05) is 17.3 Å². The second-order valence-corrected chi connectivity index (χ2v) is 5.47. The van der Waals surface area contributed by atoms with Crippen LogP contribution in [0, 0.1) is 0 Å². The summed E-state index contributed by atoms with van der Waals surface area (Å²) in [5, 5.41) is 21.4. The van der Waals surface area contributed by atoms with Crippen LogP contribution in [-0.4, -0.2) is 43.2 Å². The van der Waals surface area contributed by atoms with Gasteiger partial charge in [0.25, 0.3) is 0 Å². The minimum absolute atomic E-state index is 0.0579. The van der Waals surface area contributed by atoms with Gasteiger partial charge in [-0.05, 0) is 35.9 Å². The van der Waals surface area contributed by atoms with E-state index in [1.165, 1.54) is 0 Å². The topological polar surface area (TPSA) is 88.8 Å². The summed E-state index contributed by atoms with van der Waals surface area (Å²) in [6, 6.07) is 13.8. The van der Waals surface area contributed by atoms with Gasteiger partial charge in [-0.15, -0.1) is 5.10 Å². The Balaban J connectivity index is 1.67. The third-order valence-electron chi connectivity index (χ3n) is 3.78. The van der Waals surface area contributed by atoms with E-state index in [1.807, 2.05) is 36.4 Å². The maximum atomic E-state index is 8.91. The van der Waals surface area contributed by atoms with Crippen LogP contribution in [0.1, 0.15) is 5.56 Å². The minimum Gasteiger partial charge on any atom is -0.395 e. The molecule has 0 fully saturated rings. The lowest BCUT2D eigenvalue weighted by Gasteiger charge is -2.06. The van der Waals surface area contributed by atoms with Gasteiger partial charge in [-0.3, -0.25) is 4.98 Å². The number of fused-ring (bicyclic) bond motifs is 2. The Kier molecular flexibility index (Phi) is 3.76. The number of hydrogen-bond donors (Lipinski definition) is 2. The molecular formula is C17H16N6O. The van der Waals surface area contributed by atoms with Gasteiger partial charge >= 0.3 is 0 Å². The zero-order chi connectivity index (χ0) is 16.4. The Hall–Kier alpha value is -3.06. The van der Waals surface area contributed by atoms with E-state index in [0.29, 0.717) is 24.6 Å². The van der Waals surface area contributed by atoms with Crippen LogP contribution in [0.3, 0.4) is 0 Å². The number of nitrogens with one attached hydrogen (secondary N) is 1. The standard InChI is InChI=1S/C17H16N6O/c24-9-8-19-16-6-5-15-17(20-16)23(22-21-15)11-12-3-4-14-13(10-12)2-1-7-18-14/h1-7,10,24H,8-9,11H2,(H,19,20). The molecule has 24 heavy (non-hydrogen) atoms. The van der Waals surface area contributed by atoms with Crippen molar-refractivity contribution >= 4 is 27.9 Å². The van der Waals surface area contributed by atoms with Crippen LogP contribution >= 0.6 is 0 Å². The van der Waals surface area contributed by atoms with Gasteiger partial charge in [-0.25, -0.2) is 9.67 Å². The molecule has 0 aliphatic carbocycles. The number of pyridine rings is 2. The monoisotopic (exact) mass is 320 g/mol. The van der Waals surface area contributed by atoms with E-state index in [2.05, 4.69) is 31.7 Å². The largest absolute Gasteiger partial charge is 0.395 e. The second-order valence-electron chi connectivity index (χ2n) is 5.47. The van der Waals surface area contributed by atoms with Crippen LogP contribution in [-0.2, 0) is 6.54 Å². The van der Waals surface area contributed by atoms with Gasteiger partial charge in [0.2, 0.25) is 0 Å². The number of benzene rings is 1. The van der Waals surface area contributed by atoms with Gasteiger partial charge in [0, 0.05) is 18.1 Å². The molecule has 0 bridgehead atoms. The Morgan fingerprint density at radius 3 is 2.92 bits per heavy atom. The molecule has 4 rings (SSSR count). The van der Waals surface area contributed by atoms with Crippen molar-refractivity contribution in [1.82, 2.24) is 25.0 Å². The highest BCUT2D eigenvalue weighted by Crippen LogP contribution is 2.17. The van der Waals surface area contributed by atoms with Crippen molar-refractivity contribution in [3.63, 3.8) is 0 Å². The SMILES string of the molecule is OCCNc1ccc2nnn(Cc3ccc4ncccc4c3)c2n1. The highest BCUT2D eigenvalue weighted by molar-refractivity contribution is 5.79. The van der Waals surface area contributed by atoms with Crippen molar-refractivity contribution in [2.24, 2.45) is 0 Å². The maximum absolute atomic E-state index is 8.91. The molecule has 0 unspecified atom stereocenters. The van der Waals surface area contributed by atoms with Crippen molar-refractivity contribution in [3.8, 4) is 0 Å². The molecule has 0 aliphatic rings. The van der Waals surface area contributed by atoms with Crippen LogP contribution in [0.4, 0.5) is 5.82 Å². The second kappa shape index (κ2) is 6.21. The fourth-order valence-corrected chi connectivity index (χ4v) is 2.64. The Bertz CT molecular complexity index is 997. The summed E-state index contributed by atoms with van der Waals surface area (Å²) in [6.45, 7) is 1.10. The van der Waals surface area contributed by atoms with Gasteiger partial charge in [0.05, 0.1) is 18.7 Å². The first-order valence-electron chi connectivity index (χ1n) is 7.72. The summed E-state index contributed by atoms with van der Waals surface area (Å²) in [6.07, 6.45) is 1.79. The summed E-state index contributed by atoms with van der Waals surface area (Å²) < 4.78 is 1.77. The van der Waals surface area contributed by atoms with Gasteiger partial charge in [0.15, 0.2) is 5.65 Å². The van der Waals surface area contributed by atoms with Crippen molar-refractivity contribution < 1.29 is 5.11 Å². The molecule has 120 valence electrons. The number of rotatable bonds is 5. The van der Waals surface area contributed by atoms with Gasteiger partial charge in [-0.2, -0.15) is 0 Å². The maximum Gasteiger partial charge on any atom is 0.180 e. The van der Waals surface area contributed by atoms with E-state index in [0.717, 1.165) is 22.0 Å². The molecule has 0 spiro atoms. The first-order valence-corrected chi connectivity index (χ1v) is 7.72. The lowest BCUT2D eigenvalue weighted by molar-refractivity contribution is 0.311. The normalized spacial score (nSPS) is 11.2. The van der Waals surface area contributed by atoms with E-state index in [9.17, 15) is 0 Å². The molecule has 3 heterocycles. The molecule has 0 saturated heterocycles. The van der Waals surface area contributed by atoms with Crippen molar-refractivity contribution in [1.29, 1.82) is 0 Å². The van der Waals surface area contributed by atoms with E-state index < -0.39 is 0 Å². The van der Waals surface area contributed by atoms with E-state index in [-0.39, 0.29) is 6.61 Å². The third kappa shape index (κ3) is 2.77. The van der Waals surface area contributed by atoms with Gasteiger partial charge < -0.3 is 10.4 Å². The highest BCUT2D eigenvalue weighted by atomic mass is 16.3. The fourth-order valence-electron chi connectivity index (χ4n) is 2.64. The molecule has 4 aromatic rings. The quantitative estimate of drug-likeness (QED) is 0.583. The molecule has 3 aromatic heterocycles. The summed E-state index contributed by atoms with van der Waals surface area (Å²) in [5.74, 6) is 0.697. The number of aromatic nitrogens is 5. The van der Waals surface area contributed by atoms with Crippen LogP contribution in [0.15, 0.2) is 48.7 Å². The third-order valence-corrected chi connectivity index (χ3v) is 3.78. The number of anilines is 1. The van der Waals surface area contributed by atoms with Crippen LogP contribution in [0.2, 0.25) is 0 Å². The lowest BCUT2D eigenvalue weighted by atomic mass is 10.1. The summed E-state index contributed by atoms with van der Waals surface area (Å²) >= 11 is 0. The number of nitrogens with zero attached hydrogens (tertiary/aromatic N) is 5. The molecule has 7 heteroatoms. The average molecular weight is 320 g/mol.